The molecule has 0 unspecified atom stereocenters. The molecule has 0 atom stereocenters. The van der Waals surface area contributed by atoms with Crippen molar-refractivity contribution >= 4 is 49.6 Å². The lowest BCUT2D eigenvalue weighted by atomic mass is 9.82. The largest absolute Gasteiger partial charge is 0.310 e. The van der Waals surface area contributed by atoms with E-state index in [4.69, 9.17) is 0 Å². The summed E-state index contributed by atoms with van der Waals surface area (Å²) in [4.78, 5) is 2.47. The minimum atomic E-state index is -0.255. The molecule has 0 amide bonds. The zero-order valence-corrected chi connectivity index (χ0v) is 35.3. The van der Waals surface area contributed by atoms with E-state index in [2.05, 4.69) is 254 Å². The summed E-state index contributed by atoms with van der Waals surface area (Å²) in [5.74, 6) is 0. The highest BCUT2D eigenvalue weighted by molar-refractivity contribution is 6.09. The van der Waals surface area contributed by atoms with Crippen LogP contribution >= 0.6 is 0 Å². The van der Waals surface area contributed by atoms with E-state index in [9.17, 15) is 0 Å². The molecule has 63 heavy (non-hydrogen) atoms. The Kier molecular flexibility index (Phi) is 8.55. The molecular weight excluding hydrogens is 761 g/mol. The van der Waals surface area contributed by atoms with Gasteiger partial charge in [0.1, 0.15) is 0 Å². The van der Waals surface area contributed by atoms with Gasteiger partial charge in [0, 0.05) is 38.8 Å². The fourth-order valence-electron chi connectivity index (χ4n) is 10.3. The standard InChI is InChI=1S/C61H44N2/c1-61(2)56-39-47(33-35-52(56)53-36-34-48(40-57(53)61)63-59-31-12-9-27-54(59)55-28-10-13-32-60(55)63)62(46-24-15-23-45(38-46)50-29-16-20-42-19-6-7-25-49(42)50)58-30-11-8-26-51(58)44-22-14-21-43(37-44)41-17-4-3-5-18-41/h3-40H,1-2H3. The lowest BCUT2D eigenvalue weighted by Gasteiger charge is -2.30. The summed E-state index contributed by atoms with van der Waals surface area (Å²) in [5, 5.41) is 5.04. The van der Waals surface area contributed by atoms with Crippen LogP contribution in [0.1, 0.15) is 25.0 Å². The number of hydrogen-bond acceptors (Lipinski definition) is 1. The molecule has 0 saturated heterocycles. The van der Waals surface area contributed by atoms with Gasteiger partial charge in [0.15, 0.2) is 0 Å². The SMILES string of the molecule is CC1(C)c2cc(N(c3cccc(-c4cccc5ccccc45)c3)c3ccccc3-c3cccc(-c4ccccc4)c3)ccc2-c2ccc(-n3c4ccccc4c4ccccc43)cc21. The van der Waals surface area contributed by atoms with Gasteiger partial charge in [-0.15, -0.1) is 0 Å². The van der Waals surface area contributed by atoms with Gasteiger partial charge < -0.3 is 9.47 Å². The molecule has 0 radical (unpaired) electrons. The predicted octanol–water partition coefficient (Wildman–Crippen LogP) is 16.7. The van der Waals surface area contributed by atoms with E-state index >= 15 is 0 Å². The lowest BCUT2D eigenvalue weighted by Crippen LogP contribution is -2.17. The maximum absolute atomic E-state index is 2.47. The van der Waals surface area contributed by atoms with Crippen LogP contribution in [0.5, 0.6) is 0 Å². The van der Waals surface area contributed by atoms with E-state index in [1.54, 1.807) is 0 Å². The second-order valence-electron chi connectivity index (χ2n) is 17.3. The Morgan fingerprint density at radius 2 is 0.889 bits per heavy atom. The fourth-order valence-corrected chi connectivity index (χ4v) is 10.3. The smallest absolute Gasteiger partial charge is 0.0541 e. The van der Waals surface area contributed by atoms with Crippen molar-refractivity contribution in [3.63, 3.8) is 0 Å². The van der Waals surface area contributed by atoms with Crippen molar-refractivity contribution in [2.45, 2.75) is 19.3 Å². The lowest BCUT2D eigenvalue weighted by molar-refractivity contribution is 0.660. The highest BCUT2D eigenvalue weighted by atomic mass is 15.1. The number of aromatic nitrogens is 1. The first-order valence-electron chi connectivity index (χ1n) is 21.9. The summed E-state index contributed by atoms with van der Waals surface area (Å²) in [7, 11) is 0. The number of rotatable bonds is 7. The van der Waals surface area contributed by atoms with Crippen LogP contribution in [0.3, 0.4) is 0 Å². The summed E-state index contributed by atoms with van der Waals surface area (Å²) in [6, 6.07) is 84.7. The first kappa shape index (κ1) is 36.9. The molecule has 0 bridgehead atoms. The molecule has 0 N–H and O–H groups in total. The van der Waals surface area contributed by atoms with Gasteiger partial charge in [-0.25, -0.2) is 0 Å². The summed E-state index contributed by atoms with van der Waals surface area (Å²) in [5.41, 5.74) is 19.2. The highest BCUT2D eigenvalue weighted by Gasteiger charge is 2.37. The molecule has 298 valence electrons. The second-order valence-corrected chi connectivity index (χ2v) is 17.3. The summed E-state index contributed by atoms with van der Waals surface area (Å²) in [6.45, 7) is 4.79. The average Bonchev–Trinajstić information content (AvgIpc) is 3.79. The minimum Gasteiger partial charge on any atom is -0.310 e. The van der Waals surface area contributed by atoms with E-state index in [0.29, 0.717) is 0 Å². The number of nitrogens with zero attached hydrogens (tertiary/aromatic N) is 2. The van der Waals surface area contributed by atoms with Crippen LogP contribution < -0.4 is 4.90 Å². The molecule has 0 saturated carbocycles. The van der Waals surface area contributed by atoms with Crippen LogP contribution in [0.4, 0.5) is 17.1 Å². The number of anilines is 3. The molecule has 1 aliphatic rings. The quantitative estimate of drug-likeness (QED) is 0.156. The van der Waals surface area contributed by atoms with Crippen molar-refractivity contribution in [1.82, 2.24) is 4.57 Å². The monoisotopic (exact) mass is 804 g/mol. The number of para-hydroxylation sites is 3. The molecule has 11 aromatic rings. The van der Waals surface area contributed by atoms with Crippen LogP contribution in [0.25, 0.3) is 82.8 Å². The van der Waals surface area contributed by atoms with E-state index in [0.717, 1.165) is 17.1 Å². The molecular formula is C61H44N2. The maximum atomic E-state index is 2.47. The first-order chi connectivity index (χ1) is 31.0. The van der Waals surface area contributed by atoms with Gasteiger partial charge in [-0.05, 0) is 122 Å². The Morgan fingerprint density at radius 1 is 0.349 bits per heavy atom. The third-order valence-electron chi connectivity index (χ3n) is 13.4. The third kappa shape index (κ3) is 6.02. The Morgan fingerprint density at radius 3 is 1.68 bits per heavy atom. The fraction of sp³-hybridized carbons (Fsp3) is 0.0492. The van der Waals surface area contributed by atoms with Crippen LogP contribution in [-0.2, 0) is 5.41 Å². The summed E-state index contributed by atoms with van der Waals surface area (Å²) in [6.07, 6.45) is 0. The van der Waals surface area contributed by atoms with Gasteiger partial charge in [0.25, 0.3) is 0 Å². The Labute approximate surface area is 368 Å². The van der Waals surface area contributed by atoms with Gasteiger partial charge >= 0.3 is 0 Å². The van der Waals surface area contributed by atoms with Crippen LogP contribution in [0.2, 0.25) is 0 Å². The third-order valence-corrected chi connectivity index (χ3v) is 13.4. The van der Waals surface area contributed by atoms with Gasteiger partial charge in [-0.3, -0.25) is 0 Å². The van der Waals surface area contributed by atoms with Gasteiger partial charge in [0.05, 0.1) is 16.7 Å². The van der Waals surface area contributed by atoms with Crippen LogP contribution in [0.15, 0.2) is 231 Å². The molecule has 10 aromatic carbocycles. The van der Waals surface area contributed by atoms with Crippen molar-refractivity contribution < 1.29 is 0 Å². The Balaban J connectivity index is 1.03. The van der Waals surface area contributed by atoms with E-state index in [1.165, 1.54) is 93.9 Å². The van der Waals surface area contributed by atoms with Crippen molar-refractivity contribution in [3.05, 3.63) is 242 Å². The van der Waals surface area contributed by atoms with Gasteiger partial charge in [-0.2, -0.15) is 0 Å². The maximum Gasteiger partial charge on any atom is 0.0541 e. The van der Waals surface area contributed by atoms with Crippen LogP contribution in [0, 0.1) is 0 Å². The van der Waals surface area contributed by atoms with E-state index in [-0.39, 0.29) is 5.41 Å². The molecule has 0 aliphatic heterocycles. The predicted molar refractivity (Wildman–Crippen MR) is 267 cm³/mol. The summed E-state index contributed by atoms with van der Waals surface area (Å²) >= 11 is 0. The highest BCUT2D eigenvalue weighted by Crippen LogP contribution is 2.52. The van der Waals surface area contributed by atoms with Crippen molar-refractivity contribution in [1.29, 1.82) is 0 Å². The summed E-state index contributed by atoms with van der Waals surface area (Å²) < 4.78 is 2.43. The normalized spacial score (nSPS) is 12.7. The molecule has 2 heteroatoms. The minimum absolute atomic E-state index is 0.255. The Hall–Kier alpha value is -7.94. The van der Waals surface area contributed by atoms with Crippen LogP contribution in [-0.4, -0.2) is 4.57 Å². The average molecular weight is 805 g/mol. The molecule has 2 nitrogen and oxygen atoms in total. The second kappa shape index (κ2) is 14.6. The van der Waals surface area contributed by atoms with Crippen molar-refractivity contribution in [2.75, 3.05) is 4.90 Å². The zero-order chi connectivity index (χ0) is 42.1. The van der Waals surface area contributed by atoms with E-state index < -0.39 is 0 Å². The molecule has 1 aromatic heterocycles. The van der Waals surface area contributed by atoms with Gasteiger partial charge in [-0.1, -0.05) is 184 Å². The van der Waals surface area contributed by atoms with Crippen molar-refractivity contribution in [3.8, 4) is 50.2 Å². The number of benzene rings is 10. The molecule has 12 rings (SSSR count). The van der Waals surface area contributed by atoms with Crippen molar-refractivity contribution in [2.24, 2.45) is 0 Å². The molecule has 1 heterocycles. The van der Waals surface area contributed by atoms with E-state index in [1.807, 2.05) is 0 Å². The van der Waals surface area contributed by atoms with Gasteiger partial charge in [0.2, 0.25) is 0 Å². The zero-order valence-electron chi connectivity index (χ0n) is 35.3. The molecule has 1 aliphatic carbocycles. The molecule has 0 spiro atoms. The number of fused-ring (bicyclic) bond motifs is 7. The number of hydrogen-bond donors (Lipinski definition) is 0. The molecule has 0 fully saturated rings. The first-order valence-corrected chi connectivity index (χ1v) is 21.9. The Bertz CT molecular complexity index is 3490. The topological polar surface area (TPSA) is 8.17 Å².